The van der Waals surface area contributed by atoms with Gasteiger partial charge in [0.2, 0.25) is 5.91 Å². The van der Waals surface area contributed by atoms with Crippen LogP contribution in [0.2, 0.25) is 0 Å². The monoisotopic (exact) mass is 356 g/mol. The number of rotatable bonds is 6. The van der Waals surface area contributed by atoms with Crippen LogP contribution in [0.4, 0.5) is 14.6 Å². The number of anilines is 1. The first-order valence-corrected chi connectivity index (χ1v) is 8.17. The minimum absolute atomic E-state index is 0.0195. The molecular weight excluding hydrogens is 338 g/mol. The number of hydrogen-bond donors (Lipinski definition) is 2. The molecule has 0 atom stereocenters. The van der Waals surface area contributed by atoms with Gasteiger partial charge in [-0.2, -0.15) is 5.10 Å². The van der Waals surface area contributed by atoms with Crippen LogP contribution in [0.5, 0.6) is 0 Å². The van der Waals surface area contributed by atoms with Crippen LogP contribution < -0.4 is 5.32 Å². The minimum Gasteiger partial charge on any atom is -0.309 e. The number of amides is 1. The molecule has 2 heterocycles. The third-order valence-electron chi connectivity index (χ3n) is 4.11. The van der Waals surface area contributed by atoms with E-state index in [0.717, 1.165) is 22.4 Å². The van der Waals surface area contributed by atoms with E-state index >= 15 is 0 Å². The number of aromatic nitrogens is 3. The van der Waals surface area contributed by atoms with Crippen LogP contribution >= 0.6 is 0 Å². The maximum Gasteiger partial charge on any atom is 0.263 e. The van der Waals surface area contributed by atoms with Gasteiger partial charge in [-0.05, 0) is 31.0 Å². The Bertz CT molecular complexity index is 876. The van der Waals surface area contributed by atoms with E-state index in [1.807, 2.05) is 19.1 Å². The Hall–Kier alpha value is -3.09. The normalized spacial score (nSPS) is 10.9. The molecule has 0 saturated carbocycles. The second-order valence-corrected chi connectivity index (χ2v) is 5.90. The molecule has 0 bridgehead atoms. The Labute approximate surface area is 149 Å². The van der Waals surface area contributed by atoms with Crippen molar-refractivity contribution >= 4 is 11.7 Å². The van der Waals surface area contributed by atoms with Gasteiger partial charge in [-0.25, -0.2) is 8.78 Å². The SMILES string of the molecule is Cc1c(NC(=O)CCc2ccc(C(F)F)cc2)n[nH]c1-c1ccncc1. The highest BCUT2D eigenvalue weighted by Crippen LogP contribution is 2.25. The number of halogens is 2. The third kappa shape index (κ3) is 4.11. The van der Waals surface area contributed by atoms with E-state index in [1.165, 1.54) is 12.1 Å². The molecule has 0 unspecified atom stereocenters. The lowest BCUT2D eigenvalue weighted by molar-refractivity contribution is -0.116. The number of nitrogens with one attached hydrogen (secondary N) is 2. The fourth-order valence-electron chi connectivity index (χ4n) is 2.60. The molecular formula is C19H18F2N4O. The second-order valence-electron chi connectivity index (χ2n) is 5.90. The zero-order valence-corrected chi connectivity index (χ0v) is 14.2. The topological polar surface area (TPSA) is 70.7 Å². The Morgan fingerprint density at radius 3 is 2.50 bits per heavy atom. The molecule has 1 aromatic carbocycles. The predicted molar refractivity (Wildman–Crippen MR) is 94.9 cm³/mol. The van der Waals surface area contributed by atoms with Gasteiger partial charge in [0.25, 0.3) is 6.43 Å². The summed E-state index contributed by atoms with van der Waals surface area (Å²) in [5.74, 6) is 0.300. The lowest BCUT2D eigenvalue weighted by Gasteiger charge is -2.05. The van der Waals surface area contributed by atoms with Gasteiger partial charge in [-0.15, -0.1) is 0 Å². The van der Waals surface area contributed by atoms with E-state index in [4.69, 9.17) is 0 Å². The molecule has 0 fully saturated rings. The van der Waals surface area contributed by atoms with Gasteiger partial charge in [-0.1, -0.05) is 24.3 Å². The summed E-state index contributed by atoms with van der Waals surface area (Å²) >= 11 is 0. The molecule has 2 aromatic heterocycles. The summed E-state index contributed by atoms with van der Waals surface area (Å²) in [6, 6.07) is 9.73. The van der Waals surface area contributed by atoms with Crippen molar-refractivity contribution in [3.05, 3.63) is 65.5 Å². The van der Waals surface area contributed by atoms with Crippen LogP contribution in [0.1, 0.15) is 29.5 Å². The molecule has 0 spiro atoms. The molecule has 1 amide bonds. The molecule has 2 N–H and O–H groups in total. The van der Waals surface area contributed by atoms with Crippen LogP contribution in [0.15, 0.2) is 48.8 Å². The number of carbonyl (C=O) groups excluding carboxylic acids is 1. The summed E-state index contributed by atoms with van der Waals surface area (Å²) in [4.78, 5) is 16.1. The Morgan fingerprint density at radius 2 is 1.85 bits per heavy atom. The standard InChI is InChI=1S/C19H18F2N4O/c1-12-17(14-8-10-22-11-9-14)24-25-19(12)23-16(26)7-4-13-2-5-15(6-3-13)18(20)21/h2-3,5-6,8-11,18H,4,7H2,1H3,(H2,23,24,25,26). The summed E-state index contributed by atoms with van der Waals surface area (Å²) < 4.78 is 25.1. The molecule has 0 aliphatic carbocycles. The highest BCUT2D eigenvalue weighted by Gasteiger charge is 2.13. The average Bonchev–Trinajstić information content (AvgIpc) is 3.01. The number of carbonyl (C=O) groups is 1. The van der Waals surface area contributed by atoms with E-state index in [9.17, 15) is 13.6 Å². The number of pyridine rings is 1. The van der Waals surface area contributed by atoms with Crippen LogP contribution in [-0.2, 0) is 11.2 Å². The Morgan fingerprint density at radius 1 is 1.15 bits per heavy atom. The lowest BCUT2D eigenvalue weighted by Crippen LogP contribution is -2.13. The van der Waals surface area contributed by atoms with Gasteiger partial charge >= 0.3 is 0 Å². The number of H-pyrrole nitrogens is 1. The molecule has 3 rings (SSSR count). The largest absolute Gasteiger partial charge is 0.309 e. The van der Waals surface area contributed by atoms with Gasteiger partial charge in [-0.3, -0.25) is 14.9 Å². The smallest absolute Gasteiger partial charge is 0.263 e. The molecule has 7 heteroatoms. The summed E-state index contributed by atoms with van der Waals surface area (Å²) in [5, 5.41) is 9.86. The second kappa shape index (κ2) is 7.86. The quantitative estimate of drug-likeness (QED) is 0.692. The molecule has 0 aliphatic heterocycles. The van der Waals surface area contributed by atoms with E-state index < -0.39 is 6.43 Å². The zero-order chi connectivity index (χ0) is 18.5. The minimum atomic E-state index is -2.48. The van der Waals surface area contributed by atoms with Crippen molar-refractivity contribution in [1.29, 1.82) is 0 Å². The molecule has 0 saturated heterocycles. The maximum atomic E-state index is 12.5. The molecule has 0 radical (unpaired) electrons. The highest BCUT2D eigenvalue weighted by molar-refractivity contribution is 5.91. The van der Waals surface area contributed by atoms with Crippen molar-refractivity contribution in [2.24, 2.45) is 0 Å². The van der Waals surface area contributed by atoms with Gasteiger partial charge in [0.15, 0.2) is 5.82 Å². The summed E-state index contributed by atoms with van der Waals surface area (Å²) in [7, 11) is 0. The van der Waals surface area contributed by atoms with Crippen molar-refractivity contribution < 1.29 is 13.6 Å². The zero-order valence-electron chi connectivity index (χ0n) is 14.2. The number of alkyl halides is 2. The number of hydrogen-bond acceptors (Lipinski definition) is 3. The maximum absolute atomic E-state index is 12.5. The van der Waals surface area contributed by atoms with E-state index in [1.54, 1.807) is 24.5 Å². The van der Waals surface area contributed by atoms with Crippen molar-refractivity contribution in [3.63, 3.8) is 0 Å². The highest BCUT2D eigenvalue weighted by atomic mass is 19.3. The predicted octanol–water partition coefficient (Wildman–Crippen LogP) is 4.29. The van der Waals surface area contributed by atoms with Crippen LogP contribution in [0.3, 0.4) is 0 Å². The van der Waals surface area contributed by atoms with E-state index in [-0.39, 0.29) is 17.9 Å². The first kappa shape index (κ1) is 17.7. The third-order valence-corrected chi connectivity index (χ3v) is 4.11. The molecule has 0 aliphatic rings. The first-order chi connectivity index (χ1) is 12.5. The Balaban J connectivity index is 1.59. The molecule has 3 aromatic rings. The molecule has 26 heavy (non-hydrogen) atoms. The van der Waals surface area contributed by atoms with Crippen molar-refractivity contribution in [3.8, 4) is 11.3 Å². The van der Waals surface area contributed by atoms with E-state index in [0.29, 0.717) is 12.2 Å². The molecule has 5 nitrogen and oxygen atoms in total. The van der Waals surface area contributed by atoms with Crippen LogP contribution in [-0.4, -0.2) is 21.1 Å². The lowest BCUT2D eigenvalue weighted by atomic mass is 10.1. The summed E-state index contributed by atoms with van der Waals surface area (Å²) in [5.41, 5.74) is 3.41. The molecule has 134 valence electrons. The van der Waals surface area contributed by atoms with Gasteiger partial charge in [0, 0.05) is 35.5 Å². The number of aryl methyl sites for hydroxylation is 1. The van der Waals surface area contributed by atoms with Crippen LogP contribution in [0, 0.1) is 6.92 Å². The number of benzene rings is 1. The fourth-order valence-corrected chi connectivity index (χ4v) is 2.60. The van der Waals surface area contributed by atoms with Crippen molar-refractivity contribution in [1.82, 2.24) is 15.2 Å². The summed E-state index contributed by atoms with van der Waals surface area (Å²) in [6.45, 7) is 1.87. The van der Waals surface area contributed by atoms with Crippen molar-refractivity contribution in [2.45, 2.75) is 26.2 Å². The number of nitrogens with zero attached hydrogens (tertiary/aromatic N) is 2. The first-order valence-electron chi connectivity index (χ1n) is 8.17. The average molecular weight is 356 g/mol. The van der Waals surface area contributed by atoms with Crippen LogP contribution in [0.25, 0.3) is 11.3 Å². The summed E-state index contributed by atoms with van der Waals surface area (Å²) in [6.07, 6.45) is 1.60. The van der Waals surface area contributed by atoms with E-state index in [2.05, 4.69) is 20.5 Å². The number of aromatic amines is 1. The van der Waals surface area contributed by atoms with Crippen molar-refractivity contribution in [2.75, 3.05) is 5.32 Å². The van der Waals surface area contributed by atoms with Gasteiger partial charge in [0.1, 0.15) is 0 Å². The van der Waals surface area contributed by atoms with Gasteiger partial charge < -0.3 is 5.32 Å². The Kier molecular flexibility index (Phi) is 5.36. The fraction of sp³-hybridized carbons (Fsp3) is 0.211. The van der Waals surface area contributed by atoms with Gasteiger partial charge in [0.05, 0.1) is 5.69 Å².